The van der Waals surface area contributed by atoms with E-state index in [4.69, 9.17) is 10.9 Å². The van der Waals surface area contributed by atoms with E-state index in [2.05, 4.69) is 4.98 Å². The first-order valence-corrected chi connectivity index (χ1v) is 4.66. The molecule has 7 nitrogen and oxygen atoms in total. The summed E-state index contributed by atoms with van der Waals surface area (Å²) in [4.78, 5) is 35.8. The second-order valence-corrected chi connectivity index (χ2v) is 3.64. The van der Waals surface area contributed by atoms with Crippen molar-refractivity contribution in [3.05, 3.63) is 31.8 Å². The van der Waals surface area contributed by atoms with Crippen molar-refractivity contribution >= 4 is 27.5 Å². The van der Waals surface area contributed by atoms with E-state index in [-0.39, 0.29) is 20.5 Å². The Labute approximate surface area is 85.3 Å². The first-order chi connectivity index (χ1) is 7.02. The maximum Gasteiger partial charge on any atom is 0.362 e. The lowest BCUT2D eigenvalue weighted by Gasteiger charge is -1.95. The minimum atomic E-state index is -0.955. The van der Waals surface area contributed by atoms with E-state index in [1.54, 1.807) is 0 Å². The molecule has 0 aliphatic carbocycles. The van der Waals surface area contributed by atoms with Crippen LogP contribution in [0.1, 0.15) is 10.4 Å². The number of primary amides is 1. The molecule has 0 unspecified atom stereocenters. The molecule has 0 bridgehead atoms. The van der Waals surface area contributed by atoms with Crippen molar-refractivity contribution < 1.29 is 10.0 Å². The molecule has 0 saturated carbocycles. The van der Waals surface area contributed by atoms with Gasteiger partial charge in [-0.2, -0.15) is 0 Å². The Bertz CT molecular complexity index is 665. The van der Waals surface area contributed by atoms with E-state index in [9.17, 15) is 14.4 Å². The summed E-state index contributed by atoms with van der Waals surface area (Å²) in [6, 6.07) is 0. The first-order valence-electron chi connectivity index (χ1n) is 3.78. The minimum Gasteiger partial charge on any atom is -0.421 e. The monoisotopic (exact) mass is 227 g/mol. The van der Waals surface area contributed by atoms with E-state index >= 15 is 0 Å². The van der Waals surface area contributed by atoms with E-state index in [0.717, 1.165) is 11.3 Å². The number of hydrogen-bond donors (Lipinski definition) is 3. The fraction of sp³-hybridized carbons (Fsp3) is 0. The second-order valence-electron chi connectivity index (χ2n) is 2.76. The number of carbonyl (C=O) groups excluding carboxylic acids is 1. The molecule has 0 fully saturated rings. The van der Waals surface area contributed by atoms with Gasteiger partial charge in [0, 0.05) is 5.38 Å². The lowest BCUT2D eigenvalue weighted by Crippen LogP contribution is -2.33. The molecule has 15 heavy (non-hydrogen) atoms. The molecule has 0 aromatic carbocycles. The van der Waals surface area contributed by atoms with Crippen LogP contribution >= 0.6 is 11.3 Å². The van der Waals surface area contributed by atoms with Crippen molar-refractivity contribution in [2.75, 3.05) is 0 Å². The number of thiophene rings is 1. The Morgan fingerprint density at radius 2 is 2.20 bits per heavy atom. The number of fused-ring (bicyclic) bond motifs is 1. The normalized spacial score (nSPS) is 10.7. The van der Waals surface area contributed by atoms with Gasteiger partial charge in [0.05, 0.1) is 10.9 Å². The Morgan fingerprint density at radius 3 is 2.80 bits per heavy atom. The lowest BCUT2D eigenvalue weighted by molar-refractivity contribution is 0.100. The van der Waals surface area contributed by atoms with Gasteiger partial charge >= 0.3 is 5.69 Å². The predicted octanol–water partition coefficient (Wildman–Crippen LogP) is -0.913. The molecule has 78 valence electrons. The standard InChI is InChI=1S/C7H5N3O4S/c8-4(11)2-1-15-5-3(2)6(12)10(14)7(13)9-5/h1,14H,(H2,8,11)(H,9,13). The summed E-state index contributed by atoms with van der Waals surface area (Å²) in [5.74, 6) is -0.787. The summed E-state index contributed by atoms with van der Waals surface area (Å²) in [6.45, 7) is 0. The van der Waals surface area contributed by atoms with Gasteiger partial charge < -0.3 is 10.9 Å². The van der Waals surface area contributed by atoms with Crippen molar-refractivity contribution in [3.8, 4) is 0 Å². The highest BCUT2D eigenvalue weighted by molar-refractivity contribution is 7.17. The van der Waals surface area contributed by atoms with Crippen LogP contribution in [0.4, 0.5) is 0 Å². The van der Waals surface area contributed by atoms with Crippen molar-refractivity contribution in [3.63, 3.8) is 0 Å². The van der Waals surface area contributed by atoms with Crippen LogP contribution in [0.3, 0.4) is 0 Å². The third-order valence-corrected chi connectivity index (χ3v) is 2.77. The number of hydrogen-bond acceptors (Lipinski definition) is 5. The van der Waals surface area contributed by atoms with Gasteiger partial charge in [-0.3, -0.25) is 14.6 Å². The summed E-state index contributed by atoms with van der Waals surface area (Å²) in [7, 11) is 0. The second kappa shape index (κ2) is 2.95. The van der Waals surface area contributed by atoms with E-state index in [1.165, 1.54) is 5.38 Å². The Morgan fingerprint density at radius 1 is 1.53 bits per heavy atom. The molecule has 2 aromatic rings. The number of rotatable bonds is 1. The number of nitrogens with zero attached hydrogens (tertiary/aromatic N) is 1. The molecule has 0 saturated heterocycles. The molecule has 2 rings (SSSR count). The maximum absolute atomic E-state index is 11.4. The van der Waals surface area contributed by atoms with Crippen molar-refractivity contribution in [2.45, 2.75) is 0 Å². The first kappa shape index (κ1) is 9.46. The summed E-state index contributed by atoms with van der Waals surface area (Å²) >= 11 is 0.998. The molecule has 0 atom stereocenters. The fourth-order valence-corrected chi connectivity index (χ4v) is 2.12. The van der Waals surface area contributed by atoms with Crippen LogP contribution in [0.25, 0.3) is 10.2 Å². The van der Waals surface area contributed by atoms with Crippen LogP contribution in [0.2, 0.25) is 0 Å². The summed E-state index contributed by atoms with van der Waals surface area (Å²) in [5.41, 5.74) is 3.10. The molecular formula is C7H5N3O4S. The number of aromatic amines is 1. The zero-order valence-corrected chi connectivity index (χ0v) is 8.00. The smallest absolute Gasteiger partial charge is 0.362 e. The van der Waals surface area contributed by atoms with E-state index in [1.807, 2.05) is 0 Å². The SMILES string of the molecule is NC(=O)c1csc2[nH]c(=O)n(O)c(=O)c12. The largest absolute Gasteiger partial charge is 0.421 e. The van der Waals surface area contributed by atoms with Crippen molar-refractivity contribution in [1.82, 2.24) is 9.71 Å². The predicted molar refractivity (Wildman–Crippen MR) is 52.4 cm³/mol. The van der Waals surface area contributed by atoms with Gasteiger partial charge in [-0.25, -0.2) is 4.79 Å². The third kappa shape index (κ3) is 1.22. The number of amides is 1. The van der Waals surface area contributed by atoms with Crippen LogP contribution in [0.15, 0.2) is 15.0 Å². The highest BCUT2D eigenvalue weighted by atomic mass is 32.1. The molecule has 4 N–H and O–H groups in total. The topological polar surface area (TPSA) is 118 Å². The van der Waals surface area contributed by atoms with E-state index in [0.29, 0.717) is 0 Å². The van der Waals surface area contributed by atoms with Crippen LogP contribution < -0.4 is 17.0 Å². The zero-order valence-electron chi connectivity index (χ0n) is 7.18. The molecule has 0 aliphatic heterocycles. The summed E-state index contributed by atoms with van der Waals surface area (Å²) in [5, 5.41) is 10.3. The Kier molecular flexibility index (Phi) is 1.86. The van der Waals surface area contributed by atoms with Crippen LogP contribution in [0, 0.1) is 0 Å². The number of carbonyl (C=O) groups is 1. The van der Waals surface area contributed by atoms with Gasteiger partial charge in [0.1, 0.15) is 4.83 Å². The van der Waals surface area contributed by atoms with Gasteiger partial charge in [0.15, 0.2) is 0 Å². The van der Waals surface area contributed by atoms with Crippen LogP contribution in [-0.2, 0) is 0 Å². The van der Waals surface area contributed by atoms with Crippen LogP contribution in [0.5, 0.6) is 0 Å². The molecule has 2 heterocycles. The lowest BCUT2D eigenvalue weighted by atomic mass is 10.2. The third-order valence-electron chi connectivity index (χ3n) is 1.88. The number of nitrogens with one attached hydrogen (secondary N) is 1. The minimum absolute atomic E-state index is 0.0148. The number of H-pyrrole nitrogens is 1. The Hall–Kier alpha value is -2.09. The molecule has 0 radical (unpaired) electrons. The van der Waals surface area contributed by atoms with Gasteiger partial charge in [-0.05, 0) is 0 Å². The van der Waals surface area contributed by atoms with Gasteiger partial charge in [-0.15, -0.1) is 11.3 Å². The van der Waals surface area contributed by atoms with Gasteiger partial charge in [0.2, 0.25) is 5.91 Å². The fourth-order valence-electron chi connectivity index (χ4n) is 1.19. The molecule has 2 aromatic heterocycles. The van der Waals surface area contributed by atoms with Crippen molar-refractivity contribution in [2.24, 2.45) is 5.73 Å². The van der Waals surface area contributed by atoms with Crippen LogP contribution in [-0.4, -0.2) is 20.8 Å². The van der Waals surface area contributed by atoms with Gasteiger partial charge in [0.25, 0.3) is 5.56 Å². The molecule has 0 aliphatic rings. The highest BCUT2D eigenvalue weighted by Gasteiger charge is 2.15. The average Bonchev–Trinajstić information content (AvgIpc) is 2.58. The highest BCUT2D eigenvalue weighted by Crippen LogP contribution is 2.18. The zero-order chi connectivity index (χ0) is 11.2. The van der Waals surface area contributed by atoms with Gasteiger partial charge in [-0.1, -0.05) is 4.73 Å². The number of aromatic nitrogens is 2. The van der Waals surface area contributed by atoms with E-state index < -0.39 is 17.2 Å². The Balaban J connectivity index is 3.05. The summed E-state index contributed by atoms with van der Waals surface area (Å²) < 4.78 is -0.0957. The average molecular weight is 227 g/mol. The van der Waals surface area contributed by atoms with Crippen molar-refractivity contribution in [1.29, 1.82) is 0 Å². The summed E-state index contributed by atoms with van der Waals surface area (Å²) in [6.07, 6.45) is 0. The molecule has 8 heteroatoms. The molecular weight excluding hydrogens is 222 g/mol. The number of nitrogens with two attached hydrogens (primary N) is 1. The molecule has 1 amide bonds. The molecule has 0 spiro atoms. The quantitative estimate of drug-likeness (QED) is 0.546. The maximum atomic E-state index is 11.4.